The van der Waals surface area contributed by atoms with Gasteiger partial charge in [0.2, 0.25) is 0 Å². The van der Waals surface area contributed by atoms with Crippen LogP contribution in [0, 0.1) is 0 Å². The van der Waals surface area contributed by atoms with E-state index < -0.39 is 6.17 Å². The Bertz CT molecular complexity index is 640. The van der Waals surface area contributed by atoms with Crippen LogP contribution in [0.25, 0.3) is 5.52 Å². The summed E-state index contributed by atoms with van der Waals surface area (Å²) in [7, 11) is 0. The number of aromatic nitrogens is 2. The van der Waals surface area contributed by atoms with E-state index in [1.165, 1.54) is 6.20 Å². The highest BCUT2D eigenvalue weighted by atomic mass is 19.1. The van der Waals surface area contributed by atoms with Gasteiger partial charge in [-0.15, -0.1) is 0 Å². The molecule has 5 nitrogen and oxygen atoms in total. The van der Waals surface area contributed by atoms with Gasteiger partial charge in [-0.2, -0.15) is 5.10 Å². The Hall–Kier alpha value is -2.11. The Balaban J connectivity index is 1.96. The van der Waals surface area contributed by atoms with Crippen LogP contribution in [-0.4, -0.2) is 41.5 Å². The number of carbonyl (C=O) groups is 1. The Morgan fingerprint density at radius 2 is 2.45 bits per heavy atom. The van der Waals surface area contributed by atoms with E-state index in [9.17, 15) is 9.18 Å². The maximum atomic E-state index is 13.3. The molecular weight excluding hydrogens is 261 g/mol. The second-order valence-electron chi connectivity index (χ2n) is 4.83. The summed E-state index contributed by atoms with van der Waals surface area (Å²) >= 11 is 0. The number of pyridine rings is 1. The summed E-state index contributed by atoms with van der Waals surface area (Å²) in [6.45, 7) is 3.19. The third-order valence-corrected chi connectivity index (χ3v) is 3.50. The van der Waals surface area contributed by atoms with Crippen molar-refractivity contribution in [3.05, 3.63) is 30.1 Å². The van der Waals surface area contributed by atoms with Crippen LogP contribution in [0.5, 0.6) is 0 Å². The summed E-state index contributed by atoms with van der Waals surface area (Å²) < 4.78 is 19.9. The molecule has 0 aromatic carbocycles. The number of alkyl halides is 1. The molecule has 0 N–H and O–H groups in total. The molecule has 2 aromatic rings. The summed E-state index contributed by atoms with van der Waals surface area (Å²) in [5, 5.41) is 4.13. The van der Waals surface area contributed by atoms with Crippen molar-refractivity contribution in [2.24, 2.45) is 0 Å². The largest absolute Gasteiger partial charge is 0.462 e. The van der Waals surface area contributed by atoms with Crippen molar-refractivity contribution < 1.29 is 13.9 Å². The molecule has 0 amide bonds. The van der Waals surface area contributed by atoms with Crippen molar-refractivity contribution in [3.8, 4) is 0 Å². The summed E-state index contributed by atoms with van der Waals surface area (Å²) in [6.07, 6.45) is 3.05. The van der Waals surface area contributed by atoms with E-state index in [0.717, 1.165) is 5.69 Å². The Kier molecular flexibility index (Phi) is 3.30. The average molecular weight is 277 g/mol. The monoisotopic (exact) mass is 277 g/mol. The molecule has 2 aromatic heterocycles. The molecule has 6 heteroatoms. The van der Waals surface area contributed by atoms with E-state index in [-0.39, 0.29) is 5.97 Å². The van der Waals surface area contributed by atoms with Gasteiger partial charge in [0, 0.05) is 25.0 Å². The van der Waals surface area contributed by atoms with Gasteiger partial charge < -0.3 is 9.64 Å². The van der Waals surface area contributed by atoms with Crippen molar-refractivity contribution in [3.63, 3.8) is 0 Å². The minimum atomic E-state index is -0.777. The number of anilines is 1. The quantitative estimate of drug-likeness (QED) is 0.806. The van der Waals surface area contributed by atoms with Gasteiger partial charge in [0.1, 0.15) is 11.7 Å². The predicted octanol–water partition coefficient (Wildman–Crippen LogP) is 2.06. The third-order valence-electron chi connectivity index (χ3n) is 3.50. The van der Waals surface area contributed by atoms with Crippen molar-refractivity contribution in [2.45, 2.75) is 19.5 Å². The fourth-order valence-corrected chi connectivity index (χ4v) is 2.48. The van der Waals surface area contributed by atoms with Crippen LogP contribution >= 0.6 is 0 Å². The molecule has 1 aliphatic heterocycles. The Labute approximate surface area is 115 Å². The summed E-state index contributed by atoms with van der Waals surface area (Å²) in [5.74, 6) is -0.385. The van der Waals surface area contributed by atoms with E-state index in [2.05, 4.69) is 5.10 Å². The highest BCUT2D eigenvalue weighted by Crippen LogP contribution is 2.24. The molecule has 0 radical (unpaired) electrons. The molecule has 0 bridgehead atoms. The molecule has 0 spiro atoms. The van der Waals surface area contributed by atoms with Crippen LogP contribution in [-0.2, 0) is 4.74 Å². The number of esters is 1. The number of nitrogens with zero attached hydrogens (tertiary/aromatic N) is 3. The number of hydrogen-bond acceptors (Lipinski definition) is 4. The molecule has 1 aliphatic rings. The van der Waals surface area contributed by atoms with Crippen molar-refractivity contribution >= 4 is 17.2 Å². The first-order valence-electron chi connectivity index (χ1n) is 6.72. The predicted molar refractivity (Wildman–Crippen MR) is 72.9 cm³/mol. The first-order chi connectivity index (χ1) is 9.69. The van der Waals surface area contributed by atoms with Crippen LogP contribution in [0.3, 0.4) is 0 Å². The lowest BCUT2D eigenvalue weighted by atomic mass is 10.2. The number of ether oxygens (including phenoxy) is 1. The molecule has 1 fully saturated rings. The molecular formula is C14H16FN3O2. The zero-order valence-corrected chi connectivity index (χ0v) is 11.3. The summed E-state index contributed by atoms with van der Waals surface area (Å²) in [5.41, 5.74) is 2.02. The van der Waals surface area contributed by atoms with Crippen molar-refractivity contribution in [2.75, 3.05) is 24.6 Å². The van der Waals surface area contributed by atoms with Gasteiger partial charge in [-0.25, -0.2) is 13.7 Å². The standard InChI is InChI=1S/C14H16FN3O2/c1-2-20-14(19)12-8-16-18-6-4-11(7-13(12)18)17-5-3-10(15)9-17/h4,6-8,10H,2-3,5,9H2,1H3. The number of rotatable bonds is 3. The third kappa shape index (κ3) is 2.21. The van der Waals surface area contributed by atoms with Crippen molar-refractivity contribution in [1.82, 2.24) is 9.61 Å². The zero-order valence-electron chi connectivity index (χ0n) is 11.3. The first-order valence-corrected chi connectivity index (χ1v) is 6.72. The second kappa shape index (κ2) is 5.11. The van der Waals surface area contributed by atoms with E-state index in [1.54, 1.807) is 17.6 Å². The lowest BCUT2D eigenvalue weighted by Crippen LogP contribution is -2.20. The fraction of sp³-hybridized carbons (Fsp3) is 0.429. The Morgan fingerprint density at radius 3 is 3.15 bits per heavy atom. The zero-order chi connectivity index (χ0) is 14.1. The normalized spacial score (nSPS) is 18.7. The van der Waals surface area contributed by atoms with E-state index >= 15 is 0 Å². The maximum absolute atomic E-state index is 13.3. The van der Waals surface area contributed by atoms with Crippen molar-refractivity contribution in [1.29, 1.82) is 0 Å². The van der Waals surface area contributed by atoms with Gasteiger partial charge in [0.15, 0.2) is 0 Å². The van der Waals surface area contributed by atoms with Crippen LogP contribution in [0.4, 0.5) is 10.1 Å². The van der Waals surface area contributed by atoms with E-state index in [4.69, 9.17) is 4.74 Å². The smallest absolute Gasteiger partial charge is 0.341 e. The molecule has 20 heavy (non-hydrogen) atoms. The molecule has 106 valence electrons. The van der Waals surface area contributed by atoms with Gasteiger partial charge in [-0.05, 0) is 25.5 Å². The lowest BCUT2D eigenvalue weighted by molar-refractivity contribution is 0.0528. The van der Waals surface area contributed by atoms with Crippen LogP contribution in [0.2, 0.25) is 0 Å². The van der Waals surface area contributed by atoms with Crippen LogP contribution in [0.15, 0.2) is 24.5 Å². The average Bonchev–Trinajstić information content (AvgIpc) is 3.04. The lowest BCUT2D eigenvalue weighted by Gasteiger charge is -2.17. The minimum absolute atomic E-state index is 0.325. The highest BCUT2D eigenvalue weighted by Gasteiger charge is 2.23. The van der Waals surface area contributed by atoms with E-state index in [0.29, 0.717) is 37.2 Å². The van der Waals surface area contributed by atoms with Crippen LogP contribution < -0.4 is 4.90 Å². The molecule has 1 saturated heterocycles. The van der Waals surface area contributed by atoms with Gasteiger partial charge in [-0.3, -0.25) is 0 Å². The van der Waals surface area contributed by atoms with Crippen LogP contribution in [0.1, 0.15) is 23.7 Å². The molecule has 0 saturated carbocycles. The molecule has 3 heterocycles. The summed E-state index contributed by atoms with van der Waals surface area (Å²) in [6, 6.07) is 3.74. The number of hydrogen-bond donors (Lipinski definition) is 0. The van der Waals surface area contributed by atoms with E-state index in [1.807, 2.05) is 17.0 Å². The molecule has 0 aliphatic carbocycles. The van der Waals surface area contributed by atoms with Gasteiger partial charge in [0.25, 0.3) is 0 Å². The number of halogens is 1. The minimum Gasteiger partial charge on any atom is -0.462 e. The second-order valence-corrected chi connectivity index (χ2v) is 4.83. The number of fused-ring (bicyclic) bond motifs is 1. The maximum Gasteiger partial charge on any atom is 0.341 e. The fourth-order valence-electron chi connectivity index (χ4n) is 2.48. The summed E-state index contributed by atoms with van der Waals surface area (Å²) in [4.78, 5) is 13.8. The molecule has 1 atom stereocenters. The highest BCUT2D eigenvalue weighted by molar-refractivity contribution is 5.97. The van der Waals surface area contributed by atoms with Gasteiger partial charge in [0.05, 0.1) is 18.3 Å². The first kappa shape index (κ1) is 12.9. The molecule has 1 unspecified atom stereocenters. The SMILES string of the molecule is CCOC(=O)c1cnn2ccc(N3CCC(F)C3)cc12. The topological polar surface area (TPSA) is 46.8 Å². The molecule has 3 rings (SSSR count). The van der Waals surface area contributed by atoms with Gasteiger partial charge in [-0.1, -0.05) is 0 Å². The number of carbonyl (C=O) groups excluding carboxylic acids is 1. The van der Waals surface area contributed by atoms with Gasteiger partial charge >= 0.3 is 5.97 Å². The Morgan fingerprint density at radius 1 is 1.60 bits per heavy atom.